The molecule has 0 spiro atoms. The molecule has 0 aromatic carbocycles. The molecule has 0 aromatic rings. The molecule has 2 saturated heterocycles. The van der Waals surface area contributed by atoms with Crippen LogP contribution in [0.4, 0.5) is 0 Å². The van der Waals surface area contributed by atoms with Crippen molar-refractivity contribution < 1.29 is 4.79 Å². The van der Waals surface area contributed by atoms with Crippen LogP contribution in [0.1, 0.15) is 25.7 Å². The predicted octanol–water partition coefficient (Wildman–Crippen LogP) is 0.608. The number of rotatable bonds is 2. The van der Waals surface area contributed by atoms with Gasteiger partial charge >= 0.3 is 0 Å². The van der Waals surface area contributed by atoms with Gasteiger partial charge in [0.1, 0.15) is 0 Å². The molecule has 3 heteroatoms. The van der Waals surface area contributed by atoms with Crippen LogP contribution in [0.2, 0.25) is 0 Å². The molecule has 0 aromatic heterocycles. The molecule has 1 atom stereocenters. The minimum absolute atomic E-state index is 0.375. The normalized spacial score (nSPS) is 28.3. The molecule has 0 radical (unpaired) electrons. The summed E-state index contributed by atoms with van der Waals surface area (Å²) >= 11 is 0. The first-order valence-corrected chi connectivity index (χ1v) is 5.35. The van der Waals surface area contributed by atoms with Crippen molar-refractivity contribution in [2.24, 2.45) is 5.92 Å². The summed E-state index contributed by atoms with van der Waals surface area (Å²) in [5, 5.41) is 3.34. The number of nitrogens with zero attached hydrogens (tertiary/aromatic N) is 1. The Hall–Kier alpha value is -0.570. The second kappa shape index (κ2) is 4.09. The predicted molar refractivity (Wildman–Crippen MR) is 51.4 cm³/mol. The van der Waals surface area contributed by atoms with Gasteiger partial charge in [-0.3, -0.25) is 4.79 Å². The standard InChI is InChI=1S/C10H18N2O/c13-10(12-5-2-6-12)7-9-3-1-4-11-8-9/h9,11H,1-8H2. The fraction of sp³-hybridized carbons (Fsp3) is 0.900. The van der Waals surface area contributed by atoms with Crippen molar-refractivity contribution in [2.45, 2.75) is 25.7 Å². The van der Waals surface area contributed by atoms with Crippen LogP contribution >= 0.6 is 0 Å². The molecule has 2 aliphatic heterocycles. The van der Waals surface area contributed by atoms with Gasteiger partial charge in [0.05, 0.1) is 0 Å². The van der Waals surface area contributed by atoms with Crippen molar-refractivity contribution in [3.8, 4) is 0 Å². The lowest BCUT2D eigenvalue weighted by Crippen LogP contribution is -2.44. The van der Waals surface area contributed by atoms with Gasteiger partial charge in [0, 0.05) is 19.5 Å². The molecule has 1 N–H and O–H groups in total. The van der Waals surface area contributed by atoms with Crippen molar-refractivity contribution in [1.82, 2.24) is 10.2 Å². The first-order valence-electron chi connectivity index (χ1n) is 5.35. The minimum Gasteiger partial charge on any atom is -0.343 e. The van der Waals surface area contributed by atoms with E-state index in [1.54, 1.807) is 0 Å². The maximum absolute atomic E-state index is 11.6. The minimum atomic E-state index is 0.375. The molecule has 0 aliphatic carbocycles. The third kappa shape index (κ3) is 2.21. The highest BCUT2D eigenvalue weighted by molar-refractivity contribution is 5.77. The fourth-order valence-electron chi connectivity index (χ4n) is 2.04. The van der Waals surface area contributed by atoms with Gasteiger partial charge in [-0.25, -0.2) is 0 Å². The Morgan fingerprint density at radius 2 is 2.23 bits per heavy atom. The number of nitrogens with one attached hydrogen (secondary N) is 1. The Balaban J connectivity index is 1.72. The largest absolute Gasteiger partial charge is 0.343 e. The molecule has 2 rings (SSSR count). The maximum Gasteiger partial charge on any atom is 0.222 e. The van der Waals surface area contributed by atoms with E-state index in [2.05, 4.69) is 5.32 Å². The van der Waals surface area contributed by atoms with Gasteiger partial charge in [0.25, 0.3) is 0 Å². The van der Waals surface area contributed by atoms with Crippen LogP contribution in [0.3, 0.4) is 0 Å². The van der Waals surface area contributed by atoms with Crippen molar-refractivity contribution in [3.05, 3.63) is 0 Å². The summed E-state index contributed by atoms with van der Waals surface area (Å²) in [6.07, 6.45) is 4.44. The summed E-state index contributed by atoms with van der Waals surface area (Å²) in [7, 11) is 0. The smallest absolute Gasteiger partial charge is 0.222 e. The van der Waals surface area contributed by atoms with Gasteiger partial charge in [-0.15, -0.1) is 0 Å². The van der Waals surface area contributed by atoms with Crippen molar-refractivity contribution in [2.75, 3.05) is 26.2 Å². The number of carbonyl (C=O) groups excluding carboxylic acids is 1. The SMILES string of the molecule is O=C(CC1CCCNC1)N1CCC1. The highest BCUT2D eigenvalue weighted by atomic mass is 16.2. The summed E-state index contributed by atoms with van der Waals surface area (Å²) in [6, 6.07) is 0. The van der Waals surface area contributed by atoms with Crippen molar-refractivity contribution in [1.29, 1.82) is 0 Å². The van der Waals surface area contributed by atoms with Gasteiger partial charge < -0.3 is 10.2 Å². The molecule has 1 amide bonds. The molecule has 2 aliphatic rings. The molecule has 1 unspecified atom stereocenters. The number of carbonyl (C=O) groups is 1. The van der Waals surface area contributed by atoms with Crippen LogP contribution in [-0.2, 0) is 4.79 Å². The lowest BCUT2D eigenvalue weighted by atomic mass is 9.95. The highest BCUT2D eigenvalue weighted by Gasteiger charge is 2.23. The monoisotopic (exact) mass is 182 g/mol. The van der Waals surface area contributed by atoms with Crippen LogP contribution in [-0.4, -0.2) is 37.0 Å². The Bertz CT molecular complexity index is 183. The van der Waals surface area contributed by atoms with E-state index in [4.69, 9.17) is 0 Å². The Kier molecular flexibility index (Phi) is 2.83. The second-order valence-corrected chi connectivity index (χ2v) is 4.15. The van der Waals surface area contributed by atoms with E-state index in [9.17, 15) is 4.79 Å². The Morgan fingerprint density at radius 1 is 1.38 bits per heavy atom. The van der Waals surface area contributed by atoms with Gasteiger partial charge in [0.15, 0.2) is 0 Å². The van der Waals surface area contributed by atoms with Crippen LogP contribution < -0.4 is 5.32 Å². The third-order valence-electron chi connectivity index (χ3n) is 3.07. The first-order chi connectivity index (χ1) is 6.36. The molecule has 3 nitrogen and oxygen atoms in total. The lowest BCUT2D eigenvalue weighted by Gasteiger charge is -2.33. The average molecular weight is 182 g/mol. The average Bonchev–Trinajstić information content (AvgIpc) is 2.02. The summed E-state index contributed by atoms with van der Waals surface area (Å²) < 4.78 is 0. The van der Waals surface area contributed by atoms with Gasteiger partial charge in [-0.05, 0) is 38.3 Å². The van der Waals surface area contributed by atoms with E-state index in [0.717, 1.165) is 32.6 Å². The molecule has 2 heterocycles. The Labute approximate surface area is 79.5 Å². The molecule has 74 valence electrons. The molecule has 0 saturated carbocycles. The van der Waals surface area contributed by atoms with E-state index in [1.165, 1.54) is 19.3 Å². The molecule has 2 fully saturated rings. The number of amides is 1. The maximum atomic E-state index is 11.6. The van der Waals surface area contributed by atoms with E-state index in [0.29, 0.717) is 11.8 Å². The molecule has 0 bridgehead atoms. The summed E-state index contributed by atoms with van der Waals surface area (Å²) in [5.41, 5.74) is 0. The zero-order valence-corrected chi connectivity index (χ0v) is 8.09. The van der Waals surface area contributed by atoms with E-state index in [-0.39, 0.29) is 0 Å². The summed E-state index contributed by atoms with van der Waals surface area (Å²) in [4.78, 5) is 13.6. The number of likely N-dealkylation sites (tertiary alicyclic amines) is 1. The first kappa shape index (κ1) is 9.00. The van der Waals surface area contributed by atoms with E-state index >= 15 is 0 Å². The number of piperidine rings is 1. The van der Waals surface area contributed by atoms with Crippen LogP contribution in [0.25, 0.3) is 0 Å². The highest BCUT2D eigenvalue weighted by Crippen LogP contribution is 2.17. The zero-order chi connectivity index (χ0) is 9.10. The molecular formula is C10H18N2O. The van der Waals surface area contributed by atoms with E-state index in [1.807, 2.05) is 4.90 Å². The van der Waals surface area contributed by atoms with Gasteiger partial charge in [-0.1, -0.05) is 0 Å². The van der Waals surface area contributed by atoms with Gasteiger partial charge in [0.2, 0.25) is 5.91 Å². The zero-order valence-electron chi connectivity index (χ0n) is 8.09. The van der Waals surface area contributed by atoms with Crippen LogP contribution in [0.5, 0.6) is 0 Å². The fourth-order valence-corrected chi connectivity index (χ4v) is 2.04. The molecule has 13 heavy (non-hydrogen) atoms. The molecular weight excluding hydrogens is 164 g/mol. The van der Waals surface area contributed by atoms with Crippen LogP contribution in [0, 0.1) is 5.92 Å². The Morgan fingerprint density at radius 3 is 2.77 bits per heavy atom. The summed E-state index contributed by atoms with van der Waals surface area (Å²) in [6.45, 7) is 4.17. The lowest BCUT2D eigenvalue weighted by molar-refractivity contribution is -0.135. The third-order valence-corrected chi connectivity index (χ3v) is 3.07. The second-order valence-electron chi connectivity index (χ2n) is 4.15. The van der Waals surface area contributed by atoms with E-state index < -0.39 is 0 Å². The quantitative estimate of drug-likeness (QED) is 0.678. The summed E-state index contributed by atoms with van der Waals surface area (Å²) in [5.74, 6) is 0.974. The topological polar surface area (TPSA) is 32.3 Å². The van der Waals surface area contributed by atoms with Crippen LogP contribution in [0.15, 0.2) is 0 Å². The van der Waals surface area contributed by atoms with Crippen molar-refractivity contribution >= 4 is 5.91 Å². The van der Waals surface area contributed by atoms with Gasteiger partial charge in [-0.2, -0.15) is 0 Å². The number of hydrogen-bond donors (Lipinski definition) is 1. The number of hydrogen-bond acceptors (Lipinski definition) is 2. The van der Waals surface area contributed by atoms with Crippen molar-refractivity contribution in [3.63, 3.8) is 0 Å².